The van der Waals surface area contributed by atoms with Crippen LogP contribution in [0.5, 0.6) is 0 Å². The van der Waals surface area contributed by atoms with Crippen molar-refractivity contribution < 1.29 is 14.6 Å². The fourth-order valence-electron chi connectivity index (χ4n) is 0.965. The Hall–Kier alpha value is -0.710. The SMILES string of the molecule is CCC1(Br)NC(C)=C(C(=O)O)O1. The number of hydrogen-bond acceptors (Lipinski definition) is 3. The lowest BCUT2D eigenvalue weighted by atomic mass is 10.4. The van der Waals surface area contributed by atoms with E-state index in [1.165, 1.54) is 0 Å². The van der Waals surface area contributed by atoms with Crippen LogP contribution in [0.3, 0.4) is 0 Å². The second kappa shape index (κ2) is 2.97. The van der Waals surface area contributed by atoms with Gasteiger partial charge in [0.1, 0.15) is 0 Å². The molecule has 0 aliphatic carbocycles. The number of hydrogen-bond donors (Lipinski definition) is 2. The van der Waals surface area contributed by atoms with Crippen LogP contribution >= 0.6 is 15.9 Å². The normalized spacial score (nSPS) is 28.2. The van der Waals surface area contributed by atoms with E-state index in [0.717, 1.165) is 0 Å². The van der Waals surface area contributed by atoms with Gasteiger partial charge in [0.2, 0.25) is 10.4 Å². The van der Waals surface area contributed by atoms with Gasteiger partial charge in [-0.3, -0.25) is 0 Å². The molecule has 5 heteroatoms. The van der Waals surface area contributed by atoms with E-state index in [1.54, 1.807) is 6.92 Å². The van der Waals surface area contributed by atoms with Gasteiger partial charge in [-0.2, -0.15) is 0 Å². The topological polar surface area (TPSA) is 58.6 Å². The number of halogens is 1. The monoisotopic (exact) mass is 235 g/mol. The zero-order valence-corrected chi connectivity index (χ0v) is 8.43. The summed E-state index contributed by atoms with van der Waals surface area (Å²) in [5.41, 5.74) is 0.543. The van der Waals surface area contributed by atoms with Crippen LogP contribution in [0.15, 0.2) is 11.5 Å². The molecule has 0 fully saturated rings. The molecule has 68 valence electrons. The first-order valence-corrected chi connectivity index (χ1v) is 4.38. The van der Waals surface area contributed by atoms with Crippen LogP contribution in [0, 0.1) is 0 Å². The highest BCUT2D eigenvalue weighted by atomic mass is 79.9. The van der Waals surface area contributed by atoms with Crippen LogP contribution in [-0.4, -0.2) is 15.7 Å². The molecule has 0 aromatic rings. The van der Waals surface area contributed by atoms with Gasteiger partial charge in [0.05, 0.1) is 5.70 Å². The van der Waals surface area contributed by atoms with Gasteiger partial charge in [-0.1, -0.05) is 6.92 Å². The second-order valence-corrected chi connectivity index (χ2v) is 3.85. The number of carbonyl (C=O) groups is 1. The molecule has 0 bridgehead atoms. The van der Waals surface area contributed by atoms with Gasteiger partial charge in [0, 0.05) is 6.42 Å². The smallest absolute Gasteiger partial charge is 0.373 e. The minimum absolute atomic E-state index is 0.0197. The number of allylic oxidation sites excluding steroid dienone is 1. The third-order valence-corrected chi connectivity index (χ3v) is 2.55. The number of rotatable bonds is 2. The predicted molar refractivity (Wildman–Crippen MR) is 46.5 cm³/mol. The van der Waals surface area contributed by atoms with Crippen LogP contribution in [0.4, 0.5) is 0 Å². The summed E-state index contributed by atoms with van der Waals surface area (Å²) in [4.78, 5) is 10.6. The molecule has 1 aliphatic rings. The average Bonchev–Trinajstić information content (AvgIpc) is 2.28. The molecule has 4 nitrogen and oxygen atoms in total. The molecule has 1 aliphatic heterocycles. The molecule has 12 heavy (non-hydrogen) atoms. The Morgan fingerprint density at radius 1 is 1.83 bits per heavy atom. The van der Waals surface area contributed by atoms with Gasteiger partial charge in [-0.15, -0.1) is 0 Å². The van der Waals surface area contributed by atoms with Crippen molar-refractivity contribution in [1.29, 1.82) is 0 Å². The van der Waals surface area contributed by atoms with Crippen molar-refractivity contribution in [2.24, 2.45) is 0 Å². The number of ether oxygens (including phenoxy) is 1. The van der Waals surface area contributed by atoms with E-state index in [1.807, 2.05) is 6.92 Å². The van der Waals surface area contributed by atoms with Gasteiger partial charge in [-0.25, -0.2) is 4.79 Å². The fraction of sp³-hybridized carbons (Fsp3) is 0.571. The summed E-state index contributed by atoms with van der Waals surface area (Å²) in [5, 5.41) is 11.6. The van der Waals surface area contributed by atoms with Gasteiger partial charge in [0.25, 0.3) is 0 Å². The largest absolute Gasteiger partial charge is 0.475 e. The van der Waals surface area contributed by atoms with Crippen molar-refractivity contribution in [3.8, 4) is 0 Å². The average molecular weight is 236 g/mol. The van der Waals surface area contributed by atoms with E-state index in [2.05, 4.69) is 21.2 Å². The summed E-state index contributed by atoms with van der Waals surface area (Å²) in [6.45, 7) is 3.56. The fourth-order valence-corrected chi connectivity index (χ4v) is 1.42. The molecular weight excluding hydrogens is 226 g/mol. The van der Waals surface area contributed by atoms with Crippen LogP contribution in [0.1, 0.15) is 20.3 Å². The van der Waals surface area contributed by atoms with E-state index in [9.17, 15) is 4.79 Å². The lowest BCUT2D eigenvalue weighted by molar-refractivity contribution is -0.137. The van der Waals surface area contributed by atoms with E-state index < -0.39 is 10.6 Å². The van der Waals surface area contributed by atoms with Gasteiger partial charge >= 0.3 is 5.97 Å². The number of carboxylic acids is 1. The van der Waals surface area contributed by atoms with E-state index in [-0.39, 0.29) is 5.76 Å². The van der Waals surface area contributed by atoms with Crippen molar-refractivity contribution in [2.75, 3.05) is 0 Å². The Morgan fingerprint density at radius 3 is 2.67 bits per heavy atom. The molecule has 2 N–H and O–H groups in total. The minimum Gasteiger partial charge on any atom is -0.475 e. The maximum Gasteiger partial charge on any atom is 0.373 e. The molecule has 0 aromatic carbocycles. The highest BCUT2D eigenvalue weighted by Gasteiger charge is 2.37. The molecule has 0 amide bonds. The highest BCUT2D eigenvalue weighted by Crippen LogP contribution is 2.31. The van der Waals surface area contributed by atoms with Gasteiger partial charge in [-0.05, 0) is 22.9 Å². The molecule has 0 aromatic heterocycles. The van der Waals surface area contributed by atoms with Crippen LogP contribution in [-0.2, 0) is 9.53 Å². The Labute approximate surface area is 78.7 Å². The van der Waals surface area contributed by atoms with Gasteiger partial charge in [0.15, 0.2) is 0 Å². The summed E-state index contributed by atoms with van der Waals surface area (Å²) < 4.78 is 4.43. The first-order chi connectivity index (χ1) is 5.48. The Morgan fingerprint density at radius 2 is 2.42 bits per heavy atom. The zero-order chi connectivity index (χ0) is 9.35. The Bertz CT molecular complexity index is 251. The predicted octanol–water partition coefficient (Wildman–Crippen LogP) is 1.38. The third-order valence-electron chi connectivity index (χ3n) is 1.63. The molecule has 1 rings (SSSR count). The molecule has 0 spiro atoms. The lowest BCUT2D eigenvalue weighted by Gasteiger charge is -2.20. The highest BCUT2D eigenvalue weighted by molar-refractivity contribution is 9.10. The third kappa shape index (κ3) is 1.55. The standard InChI is InChI=1S/C7H10BrNO3/c1-3-7(8)9-4(2)5(12-7)6(10)11/h9H,3H2,1-2H3,(H,10,11). The summed E-state index contributed by atoms with van der Waals surface area (Å²) >= 11 is 3.26. The second-order valence-electron chi connectivity index (χ2n) is 2.57. The van der Waals surface area contributed by atoms with Crippen molar-refractivity contribution in [3.05, 3.63) is 11.5 Å². The van der Waals surface area contributed by atoms with Crippen LogP contribution in [0.25, 0.3) is 0 Å². The van der Waals surface area contributed by atoms with E-state index in [4.69, 9.17) is 9.84 Å². The lowest BCUT2D eigenvalue weighted by Crippen LogP contribution is -2.33. The van der Waals surface area contributed by atoms with Crippen molar-refractivity contribution in [1.82, 2.24) is 5.32 Å². The maximum atomic E-state index is 10.6. The summed E-state index contributed by atoms with van der Waals surface area (Å²) in [5.74, 6) is -1.07. The Kier molecular flexibility index (Phi) is 2.32. The summed E-state index contributed by atoms with van der Waals surface area (Å²) in [6.07, 6.45) is 0.640. The van der Waals surface area contributed by atoms with Crippen molar-refractivity contribution >= 4 is 21.9 Å². The van der Waals surface area contributed by atoms with Crippen LogP contribution < -0.4 is 5.32 Å². The Balaban J connectivity index is 2.81. The molecule has 1 atom stereocenters. The summed E-state index contributed by atoms with van der Waals surface area (Å²) in [6, 6.07) is 0. The zero-order valence-electron chi connectivity index (χ0n) is 6.85. The summed E-state index contributed by atoms with van der Waals surface area (Å²) in [7, 11) is 0. The number of aliphatic carboxylic acids is 1. The molecule has 1 unspecified atom stereocenters. The molecule has 0 saturated heterocycles. The number of carboxylic acid groups (broad SMARTS) is 1. The maximum absolute atomic E-state index is 10.6. The van der Waals surface area contributed by atoms with Crippen LogP contribution in [0.2, 0.25) is 0 Å². The molecule has 1 heterocycles. The van der Waals surface area contributed by atoms with Crippen molar-refractivity contribution in [2.45, 2.75) is 24.9 Å². The number of nitrogens with one attached hydrogen (secondary N) is 1. The first kappa shape index (κ1) is 9.38. The quantitative estimate of drug-likeness (QED) is 0.561. The minimum atomic E-state index is -1.05. The van der Waals surface area contributed by atoms with Gasteiger partial charge < -0.3 is 15.2 Å². The van der Waals surface area contributed by atoms with E-state index >= 15 is 0 Å². The first-order valence-electron chi connectivity index (χ1n) is 3.59. The van der Waals surface area contributed by atoms with Crippen molar-refractivity contribution in [3.63, 3.8) is 0 Å². The molecule has 0 radical (unpaired) electrons. The molecule has 0 saturated carbocycles. The molecular formula is C7H10BrNO3. The number of alkyl halides is 1. The van der Waals surface area contributed by atoms with E-state index in [0.29, 0.717) is 12.1 Å².